The Morgan fingerprint density at radius 3 is 2.38 bits per heavy atom. The topological polar surface area (TPSA) is 57.5 Å². The van der Waals surface area contributed by atoms with Crippen LogP contribution in [0.15, 0.2) is 24.3 Å². The number of halogens is 1. The van der Waals surface area contributed by atoms with Crippen molar-refractivity contribution in [3.05, 3.63) is 29.8 Å². The first-order chi connectivity index (χ1) is 6.09. The molecule has 1 rings (SSSR count). The van der Waals surface area contributed by atoms with Gasteiger partial charge in [0.25, 0.3) is 0 Å². The Bertz CT molecular complexity index is 294. The van der Waals surface area contributed by atoms with Gasteiger partial charge < -0.3 is 10.2 Å². The number of carboxylic acids is 1. The van der Waals surface area contributed by atoms with E-state index < -0.39 is 11.3 Å². The molecule has 0 bridgehead atoms. The molecule has 0 aromatic heterocycles. The van der Waals surface area contributed by atoms with Crippen LogP contribution in [-0.2, 0) is 11.2 Å². The highest BCUT2D eigenvalue weighted by Gasteiger charge is 2.13. The smallest absolute Gasteiger partial charge is 0.321 e. The number of rotatable bonds is 3. The lowest BCUT2D eigenvalue weighted by Gasteiger charge is -2.03. The largest absolute Gasteiger partial charge is 0.508 e. The molecule has 13 heavy (non-hydrogen) atoms. The van der Waals surface area contributed by atoms with Crippen LogP contribution in [-0.4, -0.2) is 21.6 Å². The quantitative estimate of drug-likeness (QED) is 0.730. The zero-order valence-electron chi connectivity index (χ0n) is 6.77. The standard InChI is InChI=1S/C9H9ClO3/c10-8(9(12)13)5-6-1-3-7(11)4-2-6/h1-4,8,11H,5H2,(H,12,13)/t8-/m0/s1. The molecule has 1 aromatic rings. The molecule has 0 fully saturated rings. The molecule has 70 valence electrons. The first-order valence-corrected chi connectivity index (χ1v) is 4.18. The van der Waals surface area contributed by atoms with E-state index in [0.717, 1.165) is 5.56 Å². The highest BCUT2D eigenvalue weighted by Crippen LogP contribution is 2.13. The minimum Gasteiger partial charge on any atom is -0.508 e. The second-order valence-electron chi connectivity index (χ2n) is 2.68. The van der Waals surface area contributed by atoms with Gasteiger partial charge in [-0.2, -0.15) is 0 Å². The third kappa shape index (κ3) is 2.95. The maximum atomic E-state index is 10.4. The van der Waals surface area contributed by atoms with Crippen molar-refractivity contribution in [2.45, 2.75) is 11.8 Å². The Hall–Kier alpha value is -1.22. The van der Waals surface area contributed by atoms with Crippen LogP contribution in [0.4, 0.5) is 0 Å². The number of aromatic hydroxyl groups is 1. The van der Waals surface area contributed by atoms with Crippen molar-refractivity contribution in [2.24, 2.45) is 0 Å². The van der Waals surface area contributed by atoms with Crippen molar-refractivity contribution in [2.75, 3.05) is 0 Å². The van der Waals surface area contributed by atoms with Crippen LogP contribution in [0.25, 0.3) is 0 Å². The van der Waals surface area contributed by atoms with Crippen LogP contribution in [0.1, 0.15) is 5.56 Å². The van der Waals surface area contributed by atoms with Crippen molar-refractivity contribution >= 4 is 17.6 Å². The Kier molecular flexibility index (Phi) is 3.14. The SMILES string of the molecule is O=C(O)[C@@H](Cl)Cc1ccc(O)cc1. The van der Waals surface area contributed by atoms with Gasteiger partial charge in [0.15, 0.2) is 0 Å². The molecular weight excluding hydrogens is 192 g/mol. The number of alkyl halides is 1. The number of phenols is 1. The molecule has 3 nitrogen and oxygen atoms in total. The second kappa shape index (κ2) is 4.14. The lowest BCUT2D eigenvalue weighted by atomic mass is 10.1. The maximum absolute atomic E-state index is 10.4. The Morgan fingerprint density at radius 1 is 1.38 bits per heavy atom. The molecule has 0 amide bonds. The van der Waals surface area contributed by atoms with E-state index in [1.165, 1.54) is 12.1 Å². The van der Waals surface area contributed by atoms with E-state index in [-0.39, 0.29) is 12.2 Å². The maximum Gasteiger partial charge on any atom is 0.321 e. The molecular formula is C9H9ClO3. The number of hydrogen-bond acceptors (Lipinski definition) is 2. The summed E-state index contributed by atoms with van der Waals surface area (Å²) in [4.78, 5) is 10.4. The summed E-state index contributed by atoms with van der Waals surface area (Å²) in [5.74, 6) is -0.875. The molecule has 0 heterocycles. The van der Waals surface area contributed by atoms with E-state index >= 15 is 0 Å². The van der Waals surface area contributed by atoms with Gasteiger partial charge in [-0.15, -0.1) is 11.6 Å². The van der Waals surface area contributed by atoms with E-state index in [1.54, 1.807) is 12.1 Å². The third-order valence-electron chi connectivity index (χ3n) is 1.62. The Morgan fingerprint density at radius 2 is 1.92 bits per heavy atom. The number of carboxylic acid groups (broad SMARTS) is 1. The van der Waals surface area contributed by atoms with Crippen molar-refractivity contribution in [3.63, 3.8) is 0 Å². The molecule has 0 aliphatic heterocycles. The molecule has 0 spiro atoms. The summed E-state index contributed by atoms with van der Waals surface area (Å²) in [5, 5.41) is 16.6. The zero-order valence-corrected chi connectivity index (χ0v) is 7.53. The molecule has 1 atom stereocenters. The fraction of sp³-hybridized carbons (Fsp3) is 0.222. The fourth-order valence-electron chi connectivity index (χ4n) is 0.926. The van der Waals surface area contributed by atoms with E-state index in [9.17, 15) is 4.79 Å². The van der Waals surface area contributed by atoms with Crippen LogP contribution in [0.2, 0.25) is 0 Å². The summed E-state index contributed by atoms with van der Waals surface area (Å²) < 4.78 is 0. The predicted octanol–water partition coefficient (Wildman–Crippen LogP) is 1.63. The normalized spacial score (nSPS) is 12.4. The molecule has 0 aliphatic rings. The Labute approximate surface area is 80.6 Å². The van der Waals surface area contributed by atoms with Gasteiger partial charge >= 0.3 is 5.97 Å². The van der Waals surface area contributed by atoms with Crippen molar-refractivity contribution in [3.8, 4) is 5.75 Å². The Balaban J connectivity index is 2.64. The van der Waals surface area contributed by atoms with Gasteiger partial charge in [-0.05, 0) is 24.1 Å². The number of hydrogen-bond donors (Lipinski definition) is 2. The molecule has 0 saturated heterocycles. The van der Waals surface area contributed by atoms with Gasteiger partial charge in [0.05, 0.1) is 0 Å². The van der Waals surface area contributed by atoms with Crippen molar-refractivity contribution in [1.29, 1.82) is 0 Å². The van der Waals surface area contributed by atoms with Crippen LogP contribution in [0.3, 0.4) is 0 Å². The predicted molar refractivity (Wildman–Crippen MR) is 49.1 cm³/mol. The van der Waals surface area contributed by atoms with Gasteiger partial charge in [0, 0.05) is 0 Å². The molecule has 4 heteroatoms. The monoisotopic (exact) mass is 200 g/mol. The first kappa shape index (κ1) is 9.86. The van der Waals surface area contributed by atoms with Gasteiger partial charge in [0.1, 0.15) is 11.1 Å². The summed E-state index contributed by atoms with van der Waals surface area (Å²) in [6.07, 6.45) is 0.261. The van der Waals surface area contributed by atoms with E-state index in [2.05, 4.69) is 0 Å². The van der Waals surface area contributed by atoms with E-state index in [4.69, 9.17) is 21.8 Å². The van der Waals surface area contributed by atoms with Crippen LogP contribution in [0, 0.1) is 0 Å². The van der Waals surface area contributed by atoms with Crippen LogP contribution in [0.5, 0.6) is 5.75 Å². The first-order valence-electron chi connectivity index (χ1n) is 3.74. The van der Waals surface area contributed by atoms with Crippen LogP contribution >= 0.6 is 11.6 Å². The molecule has 2 N–H and O–H groups in total. The highest BCUT2D eigenvalue weighted by atomic mass is 35.5. The fourth-order valence-corrected chi connectivity index (χ4v) is 1.10. The summed E-state index contributed by atoms with van der Waals surface area (Å²) in [5.41, 5.74) is 0.792. The number of aliphatic carboxylic acids is 1. The zero-order chi connectivity index (χ0) is 9.84. The van der Waals surface area contributed by atoms with Gasteiger partial charge in [-0.3, -0.25) is 4.79 Å². The number of carbonyl (C=O) groups is 1. The average molecular weight is 201 g/mol. The van der Waals surface area contributed by atoms with Gasteiger partial charge in [0.2, 0.25) is 0 Å². The number of benzene rings is 1. The molecule has 1 aromatic carbocycles. The third-order valence-corrected chi connectivity index (χ3v) is 1.96. The van der Waals surface area contributed by atoms with E-state index in [0.29, 0.717) is 0 Å². The highest BCUT2D eigenvalue weighted by molar-refractivity contribution is 6.29. The van der Waals surface area contributed by atoms with Gasteiger partial charge in [-0.1, -0.05) is 12.1 Å². The lowest BCUT2D eigenvalue weighted by Crippen LogP contribution is -2.15. The molecule has 0 unspecified atom stereocenters. The second-order valence-corrected chi connectivity index (χ2v) is 3.20. The minimum absolute atomic E-state index is 0.158. The van der Waals surface area contributed by atoms with Crippen LogP contribution < -0.4 is 0 Å². The summed E-state index contributed by atoms with van der Waals surface area (Å²) in [6, 6.07) is 6.29. The summed E-state index contributed by atoms with van der Waals surface area (Å²) >= 11 is 5.53. The minimum atomic E-state index is -1.03. The average Bonchev–Trinajstić information content (AvgIpc) is 2.08. The van der Waals surface area contributed by atoms with Crippen molar-refractivity contribution < 1.29 is 15.0 Å². The van der Waals surface area contributed by atoms with Gasteiger partial charge in [-0.25, -0.2) is 0 Å². The molecule has 0 aliphatic carbocycles. The van der Waals surface area contributed by atoms with Crippen molar-refractivity contribution in [1.82, 2.24) is 0 Å². The molecule has 0 radical (unpaired) electrons. The summed E-state index contributed by atoms with van der Waals surface area (Å²) in [7, 11) is 0. The molecule has 0 saturated carbocycles. The lowest BCUT2D eigenvalue weighted by molar-refractivity contribution is -0.136. The summed E-state index contributed by atoms with van der Waals surface area (Å²) in [6.45, 7) is 0. The van der Waals surface area contributed by atoms with E-state index in [1.807, 2.05) is 0 Å². The number of phenolic OH excluding ortho intramolecular Hbond substituents is 1.